The van der Waals surface area contributed by atoms with E-state index in [1.807, 2.05) is 0 Å². The fraction of sp³-hybridized carbons (Fsp3) is 1.00. The van der Waals surface area contributed by atoms with E-state index in [1.54, 1.807) is 0 Å². The first kappa shape index (κ1) is 59.9. The summed E-state index contributed by atoms with van der Waals surface area (Å²) in [5.74, 6) is 0. The van der Waals surface area contributed by atoms with Crippen molar-refractivity contribution in [2.75, 3.05) is 13.2 Å². The number of aliphatic hydroxyl groups excluding tert-OH is 2. The number of hydrogen-bond donors (Lipinski definition) is 2. The highest BCUT2D eigenvalue weighted by Gasteiger charge is 2.00. The predicted octanol–water partition coefficient (Wildman–Crippen LogP) is 20.8. The molecule has 362 valence electrons. The standard InChI is InChI=1S/C58H118O2/c59-57-55-53-51-49-47-45-43-41-39-37-35-33-31-29-27-25-23-21-19-17-15-13-11-9-7-5-3-1-2-4-6-8-10-12-14-16-18-20-22-24-26-28-30-32-34-36-38-40-42-44-46-48-50-52-54-56-58-60/h59-60H,1-58H2. The number of unbranched alkanes of at least 4 members (excludes halogenated alkanes) is 55. The number of hydrogen-bond acceptors (Lipinski definition) is 2. The zero-order chi connectivity index (χ0) is 43.0. The first-order valence-corrected chi connectivity index (χ1v) is 29.1. The molecule has 0 aromatic rings. The van der Waals surface area contributed by atoms with Gasteiger partial charge in [0.15, 0.2) is 0 Å². The monoisotopic (exact) mass is 847 g/mol. The molecule has 2 heteroatoms. The summed E-state index contributed by atoms with van der Waals surface area (Å²) in [7, 11) is 0. The van der Waals surface area contributed by atoms with Crippen LogP contribution in [0.1, 0.15) is 360 Å². The average molecular weight is 848 g/mol. The molecule has 0 aromatic carbocycles. The number of aliphatic hydroxyl groups is 2. The summed E-state index contributed by atoms with van der Waals surface area (Å²) >= 11 is 0. The molecule has 0 amide bonds. The molecule has 0 aromatic heterocycles. The van der Waals surface area contributed by atoms with Gasteiger partial charge in [0.05, 0.1) is 0 Å². The SMILES string of the molecule is OCCCCCCCCCCCCCCCCCCCCCCCCCCCCCCCCCCCCCCCCCCCCCCCCCCCCCCCCCCO. The smallest absolute Gasteiger partial charge is 0.0431 e. The van der Waals surface area contributed by atoms with E-state index in [1.165, 1.54) is 347 Å². The molecule has 0 spiro atoms. The lowest BCUT2D eigenvalue weighted by Gasteiger charge is -2.05. The highest BCUT2D eigenvalue weighted by Crippen LogP contribution is 2.19. The molecule has 0 saturated carbocycles. The van der Waals surface area contributed by atoms with Gasteiger partial charge < -0.3 is 10.2 Å². The third kappa shape index (κ3) is 57.9. The molecule has 0 aliphatic carbocycles. The topological polar surface area (TPSA) is 40.5 Å². The van der Waals surface area contributed by atoms with Gasteiger partial charge in [0, 0.05) is 13.2 Å². The summed E-state index contributed by atoms with van der Waals surface area (Å²) in [6, 6.07) is 0. The van der Waals surface area contributed by atoms with Crippen LogP contribution in [-0.4, -0.2) is 23.4 Å². The summed E-state index contributed by atoms with van der Waals surface area (Å²) in [5, 5.41) is 17.7. The molecule has 60 heavy (non-hydrogen) atoms. The Bertz CT molecular complexity index is 634. The molecular weight excluding hydrogens is 729 g/mol. The van der Waals surface area contributed by atoms with Gasteiger partial charge in [0.2, 0.25) is 0 Å². The molecule has 0 fully saturated rings. The van der Waals surface area contributed by atoms with E-state index in [-0.39, 0.29) is 0 Å². The molecule has 2 N–H and O–H groups in total. The summed E-state index contributed by atoms with van der Waals surface area (Å²) in [5.41, 5.74) is 0. The summed E-state index contributed by atoms with van der Waals surface area (Å²) in [4.78, 5) is 0. The Morgan fingerprint density at radius 1 is 0.0833 bits per heavy atom. The van der Waals surface area contributed by atoms with Crippen molar-refractivity contribution in [2.45, 2.75) is 360 Å². The molecule has 0 aliphatic rings. The van der Waals surface area contributed by atoms with E-state index < -0.39 is 0 Å². The molecule has 0 radical (unpaired) electrons. The maximum Gasteiger partial charge on any atom is 0.0431 e. The fourth-order valence-corrected chi connectivity index (χ4v) is 9.77. The van der Waals surface area contributed by atoms with Gasteiger partial charge in [-0.1, -0.05) is 347 Å². The lowest BCUT2D eigenvalue weighted by Crippen LogP contribution is -1.85. The summed E-state index contributed by atoms with van der Waals surface area (Å²) in [6.07, 6.45) is 80.6. The van der Waals surface area contributed by atoms with E-state index in [0.29, 0.717) is 13.2 Å². The second-order valence-electron chi connectivity index (χ2n) is 20.2. The van der Waals surface area contributed by atoms with Gasteiger partial charge in [-0.15, -0.1) is 0 Å². The molecule has 0 rings (SSSR count). The van der Waals surface area contributed by atoms with Crippen molar-refractivity contribution in [3.63, 3.8) is 0 Å². The van der Waals surface area contributed by atoms with Crippen molar-refractivity contribution in [3.8, 4) is 0 Å². The maximum atomic E-state index is 8.83. The summed E-state index contributed by atoms with van der Waals surface area (Å²) in [6.45, 7) is 0.747. The highest BCUT2D eigenvalue weighted by atomic mass is 16.3. The Labute approximate surface area is 381 Å². The minimum Gasteiger partial charge on any atom is -0.396 e. The van der Waals surface area contributed by atoms with Crippen molar-refractivity contribution in [3.05, 3.63) is 0 Å². The van der Waals surface area contributed by atoms with Crippen LogP contribution in [0.4, 0.5) is 0 Å². The lowest BCUT2D eigenvalue weighted by atomic mass is 10.0. The first-order chi connectivity index (χ1) is 29.9. The van der Waals surface area contributed by atoms with Crippen molar-refractivity contribution in [1.82, 2.24) is 0 Å². The van der Waals surface area contributed by atoms with Crippen LogP contribution in [0.2, 0.25) is 0 Å². The van der Waals surface area contributed by atoms with Crippen molar-refractivity contribution >= 4 is 0 Å². The molecule has 0 heterocycles. The molecule has 0 bridgehead atoms. The lowest BCUT2D eigenvalue weighted by molar-refractivity contribution is 0.282. The minimum atomic E-state index is 0.374. The second kappa shape index (κ2) is 58.9. The number of rotatable bonds is 57. The van der Waals surface area contributed by atoms with Crippen molar-refractivity contribution in [1.29, 1.82) is 0 Å². The quantitative estimate of drug-likeness (QED) is 0.0599. The van der Waals surface area contributed by atoms with Crippen LogP contribution in [0.3, 0.4) is 0 Å². The van der Waals surface area contributed by atoms with E-state index in [4.69, 9.17) is 10.2 Å². The summed E-state index contributed by atoms with van der Waals surface area (Å²) < 4.78 is 0. The normalized spacial score (nSPS) is 11.7. The Kier molecular flexibility index (Phi) is 58.8. The minimum absolute atomic E-state index is 0.374. The maximum absolute atomic E-state index is 8.83. The molecule has 0 atom stereocenters. The van der Waals surface area contributed by atoms with E-state index in [0.717, 1.165) is 12.8 Å². The van der Waals surface area contributed by atoms with Crippen LogP contribution in [0.25, 0.3) is 0 Å². The Morgan fingerprint density at radius 2 is 0.133 bits per heavy atom. The van der Waals surface area contributed by atoms with Gasteiger partial charge in [-0.3, -0.25) is 0 Å². The molecule has 0 saturated heterocycles. The third-order valence-electron chi connectivity index (χ3n) is 14.1. The fourth-order valence-electron chi connectivity index (χ4n) is 9.77. The third-order valence-corrected chi connectivity index (χ3v) is 14.1. The molecule has 0 unspecified atom stereocenters. The van der Waals surface area contributed by atoms with Crippen LogP contribution in [0.15, 0.2) is 0 Å². The Morgan fingerprint density at radius 3 is 0.183 bits per heavy atom. The van der Waals surface area contributed by atoms with Gasteiger partial charge in [-0.2, -0.15) is 0 Å². The molecular formula is C58H118O2. The largest absolute Gasteiger partial charge is 0.396 e. The predicted molar refractivity (Wildman–Crippen MR) is 273 cm³/mol. The van der Waals surface area contributed by atoms with Gasteiger partial charge in [0.25, 0.3) is 0 Å². The van der Waals surface area contributed by atoms with Crippen LogP contribution < -0.4 is 0 Å². The first-order valence-electron chi connectivity index (χ1n) is 29.1. The Hall–Kier alpha value is -0.0800. The average Bonchev–Trinajstić information content (AvgIpc) is 3.26. The van der Waals surface area contributed by atoms with Crippen molar-refractivity contribution < 1.29 is 10.2 Å². The highest BCUT2D eigenvalue weighted by molar-refractivity contribution is 4.55. The van der Waals surface area contributed by atoms with Crippen LogP contribution in [0.5, 0.6) is 0 Å². The van der Waals surface area contributed by atoms with Crippen molar-refractivity contribution in [2.24, 2.45) is 0 Å². The molecule has 2 nitrogen and oxygen atoms in total. The Balaban J connectivity index is 3.06. The zero-order valence-electron chi connectivity index (χ0n) is 41.9. The van der Waals surface area contributed by atoms with E-state index >= 15 is 0 Å². The second-order valence-corrected chi connectivity index (χ2v) is 20.2. The van der Waals surface area contributed by atoms with Gasteiger partial charge in [0.1, 0.15) is 0 Å². The van der Waals surface area contributed by atoms with E-state index in [9.17, 15) is 0 Å². The van der Waals surface area contributed by atoms with E-state index in [2.05, 4.69) is 0 Å². The molecule has 0 aliphatic heterocycles. The van der Waals surface area contributed by atoms with Crippen LogP contribution in [0, 0.1) is 0 Å². The van der Waals surface area contributed by atoms with Gasteiger partial charge in [-0.25, -0.2) is 0 Å². The van der Waals surface area contributed by atoms with Crippen LogP contribution >= 0.6 is 0 Å². The van der Waals surface area contributed by atoms with Crippen LogP contribution in [-0.2, 0) is 0 Å². The van der Waals surface area contributed by atoms with Gasteiger partial charge in [-0.05, 0) is 12.8 Å². The van der Waals surface area contributed by atoms with Gasteiger partial charge >= 0.3 is 0 Å². The zero-order valence-corrected chi connectivity index (χ0v) is 41.9.